The Hall–Kier alpha value is -2.06. The van der Waals surface area contributed by atoms with Crippen molar-refractivity contribution in [1.29, 1.82) is 0 Å². The molecule has 1 aromatic heterocycles. The number of alkyl halides is 3. The minimum Gasteiger partial charge on any atom is -0.405 e. The van der Waals surface area contributed by atoms with Gasteiger partial charge >= 0.3 is 6.36 Å². The second kappa shape index (κ2) is 5.86. The number of aliphatic hydroxyl groups excluding tert-OH is 1. The van der Waals surface area contributed by atoms with Crippen molar-refractivity contribution in [2.24, 2.45) is 0 Å². The van der Waals surface area contributed by atoms with Crippen molar-refractivity contribution in [3.05, 3.63) is 58.3 Å². The van der Waals surface area contributed by atoms with E-state index < -0.39 is 12.5 Å². The summed E-state index contributed by atoms with van der Waals surface area (Å²) in [5.74, 6) is -0.0688. The van der Waals surface area contributed by atoms with Crippen LogP contribution in [-0.4, -0.2) is 21.4 Å². The predicted molar refractivity (Wildman–Crippen MR) is 81.0 cm³/mol. The predicted octanol–water partition coefficient (Wildman–Crippen LogP) is 4.31. The number of aliphatic hydroxyl groups is 1. The number of aromatic amines is 1. The lowest BCUT2D eigenvalue weighted by Gasteiger charge is -2.13. The summed E-state index contributed by atoms with van der Waals surface area (Å²) in [5.41, 5.74) is 1.83. The van der Waals surface area contributed by atoms with Gasteiger partial charge in [0, 0.05) is 0 Å². The van der Waals surface area contributed by atoms with Crippen LogP contribution in [0.4, 0.5) is 13.2 Å². The molecule has 1 heterocycles. The maximum Gasteiger partial charge on any atom is 0.573 e. The SMILES string of the molecule is OC(c1ccc(OC(F)(F)F)c(Br)c1)c1nc2ccccc2[nH]1. The number of rotatable bonds is 3. The number of fused-ring (bicyclic) bond motifs is 1. The first-order chi connectivity index (χ1) is 10.8. The Bertz CT molecular complexity index is 815. The molecule has 23 heavy (non-hydrogen) atoms. The van der Waals surface area contributed by atoms with E-state index in [1.165, 1.54) is 12.1 Å². The molecule has 4 nitrogen and oxygen atoms in total. The van der Waals surface area contributed by atoms with Crippen molar-refractivity contribution < 1.29 is 23.0 Å². The highest BCUT2D eigenvalue weighted by Gasteiger charge is 2.32. The fourth-order valence-corrected chi connectivity index (χ4v) is 2.63. The molecule has 1 unspecified atom stereocenters. The molecule has 120 valence electrons. The van der Waals surface area contributed by atoms with Gasteiger partial charge < -0.3 is 14.8 Å². The molecule has 3 aromatic rings. The number of hydrogen-bond donors (Lipinski definition) is 2. The Labute approximate surface area is 137 Å². The zero-order valence-electron chi connectivity index (χ0n) is 11.4. The first kappa shape index (κ1) is 15.8. The summed E-state index contributed by atoms with van der Waals surface area (Å²) < 4.78 is 40.7. The van der Waals surface area contributed by atoms with E-state index in [0.29, 0.717) is 16.9 Å². The molecule has 0 amide bonds. The zero-order chi connectivity index (χ0) is 16.6. The average molecular weight is 387 g/mol. The number of H-pyrrole nitrogens is 1. The summed E-state index contributed by atoms with van der Waals surface area (Å²) in [4.78, 5) is 7.25. The van der Waals surface area contributed by atoms with E-state index in [-0.39, 0.29) is 10.2 Å². The Kier molecular flexibility index (Phi) is 4.03. The Morgan fingerprint density at radius 3 is 2.57 bits per heavy atom. The second-order valence-electron chi connectivity index (χ2n) is 4.78. The van der Waals surface area contributed by atoms with Gasteiger partial charge in [-0.25, -0.2) is 4.98 Å². The van der Waals surface area contributed by atoms with E-state index in [0.717, 1.165) is 11.6 Å². The van der Waals surface area contributed by atoms with E-state index in [1.807, 2.05) is 18.2 Å². The molecule has 1 atom stereocenters. The molecule has 3 rings (SSSR count). The zero-order valence-corrected chi connectivity index (χ0v) is 13.0. The lowest BCUT2D eigenvalue weighted by Crippen LogP contribution is -2.17. The second-order valence-corrected chi connectivity index (χ2v) is 5.63. The van der Waals surface area contributed by atoms with Crippen LogP contribution in [0.25, 0.3) is 11.0 Å². The van der Waals surface area contributed by atoms with E-state index in [1.54, 1.807) is 6.07 Å². The van der Waals surface area contributed by atoms with Gasteiger partial charge in [0.1, 0.15) is 17.7 Å². The number of nitrogens with one attached hydrogen (secondary N) is 1. The quantitative estimate of drug-likeness (QED) is 0.705. The van der Waals surface area contributed by atoms with E-state index in [9.17, 15) is 18.3 Å². The number of hydrogen-bond acceptors (Lipinski definition) is 3. The maximum absolute atomic E-state index is 12.3. The maximum atomic E-state index is 12.3. The largest absolute Gasteiger partial charge is 0.573 e. The Morgan fingerprint density at radius 1 is 1.17 bits per heavy atom. The lowest BCUT2D eigenvalue weighted by atomic mass is 10.1. The van der Waals surface area contributed by atoms with Crippen LogP contribution in [0.1, 0.15) is 17.5 Å². The fourth-order valence-electron chi connectivity index (χ4n) is 2.15. The number of ether oxygens (including phenoxy) is 1. The van der Waals surface area contributed by atoms with Crippen LogP contribution in [0.5, 0.6) is 5.75 Å². The van der Waals surface area contributed by atoms with Gasteiger partial charge in [-0.2, -0.15) is 0 Å². The number of halogens is 4. The van der Waals surface area contributed by atoms with Crippen LogP contribution in [0, 0.1) is 0 Å². The summed E-state index contributed by atoms with van der Waals surface area (Å²) in [6.45, 7) is 0. The topological polar surface area (TPSA) is 58.1 Å². The van der Waals surface area contributed by atoms with Crippen LogP contribution < -0.4 is 4.74 Å². The number of para-hydroxylation sites is 2. The Balaban J connectivity index is 1.90. The molecule has 0 bridgehead atoms. The molecule has 0 saturated heterocycles. The summed E-state index contributed by atoms with van der Waals surface area (Å²) in [5, 5.41) is 10.4. The van der Waals surface area contributed by atoms with E-state index >= 15 is 0 Å². The summed E-state index contributed by atoms with van der Waals surface area (Å²) >= 11 is 3.01. The monoisotopic (exact) mass is 386 g/mol. The highest BCUT2D eigenvalue weighted by atomic mass is 79.9. The molecule has 0 aliphatic rings. The summed E-state index contributed by atoms with van der Waals surface area (Å²) in [6.07, 6.45) is -5.87. The van der Waals surface area contributed by atoms with Crippen LogP contribution in [0.3, 0.4) is 0 Å². The number of benzene rings is 2. The minimum atomic E-state index is -4.78. The van der Waals surface area contributed by atoms with E-state index in [4.69, 9.17) is 0 Å². The third-order valence-electron chi connectivity index (χ3n) is 3.16. The van der Waals surface area contributed by atoms with Crippen LogP contribution in [-0.2, 0) is 0 Å². The lowest BCUT2D eigenvalue weighted by molar-refractivity contribution is -0.274. The standard InChI is InChI=1S/C15H10BrF3N2O2/c16-9-7-8(5-6-12(9)23-15(17,18)19)13(22)14-20-10-3-1-2-4-11(10)21-14/h1-7,13,22H,(H,20,21). The molecular weight excluding hydrogens is 377 g/mol. The normalized spacial score (nSPS) is 13.3. The van der Waals surface area contributed by atoms with Crippen molar-refractivity contribution >= 4 is 27.0 Å². The molecule has 0 radical (unpaired) electrons. The summed E-state index contributed by atoms with van der Waals surface area (Å²) in [6, 6.07) is 11.1. The van der Waals surface area contributed by atoms with Crippen LogP contribution >= 0.6 is 15.9 Å². The highest BCUT2D eigenvalue weighted by Crippen LogP contribution is 2.33. The third kappa shape index (κ3) is 3.48. The first-order valence-electron chi connectivity index (χ1n) is 6.51. The van der Waals surface area contributed by atoms with Crippen molar-refractivity contribution in [2.75, 3.05) is 0 Å². The molecule has 2 aromatic carbocycles. The van der Waals surface area contributed by atoms with Crippen molar-refractivity contribution in [3.8, 4) is 5.75 Å². The smallest absolute Gasteiger partial charge is 0.405 e. The van der Waals surface area contributed by atoms with Gasteiger partial charge in [-0.15, -0.1) is 13.2 Å². The van der Waals surface area contributed by atoms with Gasteiger partial charge in [-0.05, 0) is 45.8 Å². The van der Waals surface area contributed by atoms with Gasteiger partial charge in [-0.1, -0.05) is 18.2 Å². The third-order valence-corrected chi connectivity index (χ3v) is 3.78. The average Bonchev–Trinajstić information content (AvgIpc) is 2.91. The first-order valence-corrected chi connectivity index (χ1v) is 7.31. The minimum absolute atomic E-state index is 0.0856. The molecular formula is C15H10BrF3N2O2. The molecule has 2 N–H and O–H groups in total. The highest BCUT2D eigenvalue weighted by molar-refractivity contribution is 9.10. The number of imidazole rings is 1. The van der Waals surface area contributed by atoms with Gasteiger partial charge in [0.25, 0.3) is 0 Å². The molecule has 0 saturated carbocycles. The fraction of sp³-hybridized carbons (Fsp3) is 0.133. The van der Waals surface area contributed by atoms with Gasteiger partial charge in [-0.3, -0.25) is 0 Å². The molecule has 0 fully saturated rings. The molecule has 8 heteroatoms. The van der Waals surface area contributed by atoms with E-state index in [2.05, 4.69) is 30.6 Å². The van der Waals surface area contributed by atoms with Crippen LogP contribution in [0.15, 0.2) is 46.9 Å². The Morgan fingerprint density at radius 2 is 1.91 bits per heavy atom. The molecule has 0 aliphatic heterocycles. The number of nitrogens with zero attached hydrogens (tertiary/aromatic N) is 1. The molecule has 0 spiro atoms. The van der Waals surface area contributed by atoms with Crippen molar-refractivity contribution in [1.82, 2.24) is 9.97 Å². The number of aromatic nitrogens is 2. The summed E-state index contributed by atoms with van der Waals surface area (Å²) in [7, 11) is 0. The van der Waals surface area contributed by atoms with Crippen molar-refractivity contribution in [3.63, 3.8) is 0 Å². The van der Waals surface area contributed by atoms with Crippen molar-refractivity contribution in [2.45, 2.75) is 12.5 Å². The van der Waals surface area contributed by atoms with Gasteiger partial charge in [0.2, 0.25) is 0 Å². The molecule has 0 aliphatic carbocycles. The van der Waals surface area contributed by atoms with Gasteiger partial charge in [0.05, 0.1) is 15.5 Å². The van der Waals surface area contributed by atoms with Crippen LogP contribution in [0.2, 0.25) is 0 Å². The van der Waals surface area contributed by atoms with Gasteiger partial charge in [0.15, 0.2) is 0 Å².